The Labute approximate surface area is 114 Å². The number of nitrogens with two attached hydrogens (primary N) is 1. The van der Waals surface area contributed by atoms with Crippen molar-refractivity contribution in [3.05, 3.63) is 34.9 Å². The number of amides is 1. The van der Waals surface area contributed by atoms with Crippen molar-refractivity contribution in [2.45, 2.75) is 32.7 Å². The maximum atomic E-state index is 11.8. The first-order valence-electron chi connectivity index (χ1n) is 6.25. The SMILES string of the molecule is CC(C)CC(CN)NC(=O)Cc1ccc(Cl)cc1. The van der Waals surface area contributed by atoms with Gasteiger partial charge in [0.25, 0.3) is 0 Å². The van der Waals surface area contributed by atoms with Crippen LogP contribution in [0.3, 0.4) is 0 Å². The zero-order valence-electron chi connectivity index (χ0n) is 10.9. The zero-order valence-corrected chi connectivity index (χ0v) is 11.7. The van der Waals surface area contributed by atoms with Crippen molar-refractivity contribution in [3.63, 3.8) is 0 Å². The van der Waals surface area contributed by atoms with Crippen molar-refractivity contribution < 1.29 is 4.79 Å². The second kappa shape index (κ2) is 7.39. The first-order chi connectivity index (χ1) is 8.51. The molecule has 100 valence electrons. The minimum atomic E-state index is 0.00780. The van der Waals surface area contributed by atoms with Crippen molar-refractivity contribution in [1.82, 2.24) is 5.32 Å². The van der Waals surface area contributed by atoms with Gasteiger partial charge in [0.15, 0.2) is 0 Å². The van der Waals surface area contributed by atoms with Gasteiger partial charge in [0.05, 0.1) is 6.42 Å². The molecule has 1 aromatic rings. The van der Waals surface area contributed by atoms with Gasteiger partial charge in [-0.05, 0) is 30.0 Å². The van der Waals surface area contributed by atoms with Crippen molar-refractivity contribution in [2.75, 3.05) is 6.54 Å². The fraction of sp³-hybridized carbons (Fsp3) is 0.500. The lowest BCUT2D eigenvalue weighted by molar-refractivity contribution is -0.121. The lowest BCUT2D eigenvalue weighted by Gasteiger charge is -2.18. The van der Waals surface area contributed by atoms with Crippen LogP contribution in [0, 0.1) is 5.92 Å². The van der Waals surface area contributed by atoms with Gasteiger partial charge in [-0.1, -0.05) is 37.6 Å². The van der Waals surface area contributed by atoms with E-state index in [-0.39, 0.29) is 11.9 Å². The molecule has 0 aromatic heterocycles. The Bertz CT molecular complexity index is 376. The molecule has 4 heteroatoms. The maximum absolute atomic E-state index is 11.8. The molecule has 0 aliphatic heterocycles. The number of hydrogen-bond acceptors (Lipinski definition) is 2. The van der Waals surface area contributed by atoms with E-state index in [4.69, 9.17) is 17.3 Å². The van der Waals surface area contributed by atoms with Gasteiger partial charge in [-0.3, -0.25) is 4.79 Å². The monoisotopic (exact) mass is 268 g/mol. The van der Waals surface area contributed by atoms with Crippen LogP contribution in [0.2, 0.25) is 5.02 Å². The molecule has 3 N–H and O–H groups in total. The van der Waals surface area contributed by atoms with Crippen molar-refractivity contribution in [3.8, 4) is 0 Å². The summed E-state index contributed by atoms with van der Waals surface area (Å²) >= 11 is 5.80. The van der Waals surface area contributed by atoms with E-state index in [1.54, 1.807) is 12.1 Å². The summed E-state index contributed by atoms with van der Waals surface area (Å²) in [6.07, 6.45) is 1.27. The predicted molar refractivity (Wildman–Crippen MR) is 75.6 cm³/mol. The highest BCUT2D eigenvalue weighted by Crippen LogP contribution is 2.10. The molecule has 1 unspecified atom stereocenters. The third kappa shape index (κ3) is 5.52. The average molecular weight is 269 g/mol. The highest BCUT2D eigenvalue weighted by Gasteiger charge is 2.12. The number of nitrogens with one attached hydrogen (secondary N) is 1. The molecular weight excluding hydrogens is 248 g/mol. The highest BCUT2D eigenvalue weighted by molar-refractivity contribution is 6.30. The molecule has 3 nitrogen and oxygen atoms in total. The van der Waals surface area contributed by atoms with Crippen molar-refractivity contribution in [1.29, 1.82) is 0 Å². The zero-order chi connectivity index (χ0) is 13.5. The topological polar surface area (TPSA) is 55.1 Å². The molecular formula is C14H21ClN2O. The van der Waals surface area contributed by atoms with Gasteiger partial charge >= 0.3 is 0 Å². The van der Waals surface area contributed by atoms with Crippen LogP contribution < -0.4 is 11.1 Å². The van der Waals surface area contributed by atoms with Crippen LogP contribution in [-0.4, -0.2) is 18.5 Å². The molecule has 1 atom stereocenters. The van der Waals surface area contributed by atoms with Crippen LogP contribution in [-0.2, 0) is 11.2 Å². The van der Waals surface area contributed by atoms with E-state index in [0.717, 1.165) is 12.0 Å². The molecule has 0 aliphatic carbocycles. The minimum absolute atomic E-state index is 0.00780. The van der Waals surface area contributed by atoms with Gasteiger partial charge < -0.3 is 11.1 Å². The van der Waals surface area contributed by atoms with E-state index < -0.39 is 0 Å². The maximum Gasteiger partial charge on any atom is 0.224 e. The number of rotatable bonds is 6. The molecule has 0 spiro atoms. The summed E-state index contributed by atoms with van der Waals surface area (Å²) in [6, 6.07) is 7.37. The summed E-state index contributed by atoms with van der Waals surface area (Å²) < 4.78 is 0. The van der Waals surface area contributed by atoms with Crippen LogP contribution in [0.15, 0.2) is 24.3 Å². The van der Waals surface area contributed by atoms with Gasteiger partial charge in [0.2, 0.25) is 5.91 Å². The Morgan fingerprint density at radius 1 is 1.33 bits per heavy atom. The van der Waals surface area contributed by atoms with Crippen molar-refractivity contribution in [2.24, 2.45) is 11.7 Å². The number of benzene rings is 1. The largest absolute Gasteiger partial charge is 0.352 e. The van der Waals surface area contributed by atoms with Gasteiger partial charge in [-0.15, -0.1) is 0 Å². The Kier molecular flexibility index (Phi) is 6.16. The molecule has 1 aromatic carbocycles. The second-order valence-corrected chi connectivity index (χ2v) is 5.37. The fourth-order valence-corrected chi connectivity index (χ4v) is 1.98. The molecule has 0 saturated heterocycles. The van der Waals surface area contributed by atoms with E-state index in [9.17, 15) is 4.79 Å². The quantitative estimate of drug-likeness (QED) is 0.832. The Morgan fingerprint density at radius 3 is 2.44 bits per heavy atom. The molecule has 18 heavy (non-hydrogen) atoms. The summed E-state index contributed by atoms with van der Waals surface area (Å²) in [4.78, 5) is 11.8. The van der Waals surface area contributed by atoms with E-state index >= 15 is 0 Å². The average Bonchev–Trinajstić information content (AvgIpc) is 2.30. The Balaban J connectivity index is 2.47. The fourth-order valence-electron chi connectivity index (χ4n) is 1.85. The molecule has 0 aliphatic rings. The summed E-state index contributed by atoms with van der Waals surface area (Å²) in [5.41, 5.74) is 6.61. The molecule has 0 heterocycles. The van der Waals surface area contributed by atoms with E-state index in [1.165, 1.54) is 0 Å². The van der Waals surface area contributed by atoms with Gasteiger partial charge in [-0.25, -0.2) is 0 Å². The van der Waals surface area contributed by atoms with Crippen LogP contribution in [0.4, 0.5) is 0 Å². The molecule has 0 fully saturated rings. The number of carbonyl (C=O) groups excluding carboxylic acids is 1. The van der Waals surface area contributed by atoms with E-state index in [2.05, 4.69) is 19.2 Å². The van der Waals surface area contributed by atoms with Crippen molar-refractivity contribution >= 4 is 17.5 Å². The van der Waals surface area contributed by atoms with Crippen LogP contribution >= 0.6 is 11.6 Å². The minimum Gasteiger partial charge on any atom is -0.352 e. The highest BCUT2D eigenvalue weighted by atomic mass is 35.5. The first kappa shape index (κ1) is 15.0. The Hall–Kier alpha value is -1.06. The normalized spacial score (nSPS) is 12.5. The summed E-state index contributed by atoms with van der Waals surface area (Å²) in [7, 11) is 0. The van der Waals surface area contributed by atoms with Gasteiger partial charge in [-0.2, -0.15) is 0 Å². The lowest BCUT2D eigenvalue weighted by Crippen LogP contribution is -2.41. The number of halogens is 1. The molecule has 1 rings (SSSR count). The summed E-state index contributed by atoms with van der Waals surface area (Å²) in [6.45, 7) is 4.71. The van der Waals surface area contributed by atoms with E-state index in [0.29, 0.717) is 23.9 Å². The summed E-state index contributed by atoms with van der Waals surface area (Å²) in [5.74, 6) is 0.530. The van der Waals surface area contributed by atoms with Crippen LogP contribution in [0.1, 0.15) is 25.8 Å². The lowest BCUT2D eigenvalue weighted by atomic mass is 10.0. The predicted octanol–water partition coefficient (Wildman–Crippen LogP) is 2.37. The second-order valence-electron chi connectivity index (χ2n) is 4.93. The van der Waals surface area contributed by atoms with Crippen LogP contribution in [0.25, 0.3) is 0 Å². The van der Waals surface area contributed by atoms with Gasteiger partial charge in [0, 0.05) is 17.6 Å². The summed E-state index contributed by atoms with van der Waals surface area (Å²) in [5, 5.41) is 3.64. The van der Waals surface area contributed by atoms with Crippen LogP contribution in [0.5, 0.6) is 0 Å². The molecule has 1 amide bonds. The third-order valence-corrected chi connectivity index (χ3v) is 2.94. The van der Waals surface area contributed by atoms with Gasteiger partial charge in [0.1, 0.15) is 0 Å². The standard InChI is InChI=1S/C14H21ClN2O/c1-10(2)7-13(9-16)17-14(18)8-11-3-5-12(15)6-4-11/h3-6,10,13H,7-9,16H2,1-2H3,(H,17,18). The number of carbonyl (C=O) groups is 1. The third-order valence-electron chi connectivity index (χ3n) is 2.68. The Morgan fingerprint density at radius 2 is 1.94 bits per heavy atom. The molecule has 0 saturated carbocycles. The van der Waals surface area contributed by atoms with E-state index in [1.807, 2.05) is 12.1 Å². The molecule has 0 radical (unpaired) electrons. The smallest absolute Gasteiger partial charge is 0.224 e. The molecule has 0 bridgehead atoms. The first-order valence-corrected chi connectivity index (χ1v) is 6.63. The number of hydrogen-bond donors (Lipinski definition) is 2.